The van der Waals surface area contributed by atoms with Crippen molar-refractivity contribution in [3.63, 3.8) is 0 Å². The number of carbonyl (C=O) groups is 1. The Bertz CT molecular complexity index is 171. The molecule has 2 heteroatoms. The molecule has 0 rings (SSSR count). The largest absolute Gasteiger partial charge is 0.481 e. The van der Waals surface area contributed by atoms with E-state index in [1.54, 1.807) is 0 Å². The van der Waals surface area contributed by atoms with Gasteiger partial charge >= 0.3 is 5.97 Å². The molecular formula is C11H19O2. The van der Waals surface area contributed by atoms with Gasteiger partial charge < -0.3 is 5.11 Å². The summed E-state index contributed by atoms with van der Waals surface area (Å²) >= 11 is 0. The van der Waals surface area contributed by atoms with E-state index in [1.165, 1.54) is 5.57 Å². The normalized spacial score (nSPS) is 11.7. The predicted molar refractivity (Wildman–Crippen MR) is 54.5 cm³/mol. The Morgan fingerprint density at radius 1 is 1.38 bits per heavy atom. The van der Waals surface area contributed by atoms with Crippen LogP contribution >= 0.6 is 0 Å². The second-order valence-electron chi connectivity index (χ2n) is 3.03. The fraction of sp³-hybridized carbons (Fsp3) is 0.636. The first kappa shape index (κ1) is 12.2. The molecule has 0 unspecified atom stereocenters. The van der Waals surface area contributed by atoms with Crippen molar-refractivity contribution in [3.05, 3.63) is 18.1 Å². The highest BCUT2D eigenvalue weighted by Gasteiger charge is 1.96. The van der Waals surface area contributed by atoms with Crippen LogP contribution in [-0.2, 0) is 4.79 Å². The molecule has 0 fully saturated rings. The molecule has 0 saturated carbocycles. The van der Waals surface area contributed by atoms with Gasteiger partial charge in [0.25, 0.3) is 0 Å². The molecule has 0 bridgehead atoms. The van der Waals surface area contributed by atoms with Crippen molar-refractivity contribution < 1.29 is 9.90 Å². The van der Waals surface area contributed by atoms with Crippen LogP contribution in [0.4, 0.5) is 0 Å². The zero-order valence-corrected chi connectivity index (χ0v) is 8.55. The summed E-state index contributed by atoms with van der Waals surface area (Å²) < 4.78 is 0. The van der Waals surface area contributed by atoms with Crippen LogP contribution in [-0.4, -0.2) is 11.1 Å². The lowest BCUT2D eigenvalue weighted by atomic mass is 10.1. The van der Waals surface area contributed by atoms with Crippen molar-refractivity contribution in [1.82, 2.24) is 0 Å². The smallest absolute Gasteiger partial charge is 0.303 e. The zero-order chi connectivity index (χ0) is 10.1. The summed E-state index contributed by atoms with van der Waals surface area (Å²) in [7, 11) is 0. The summed E-state index contributed by atoms with van der Waals surface area (Å²) in [4.78, 5) is 10.2. The van der Waals surface area contributed by atoms with E-state index in [2.05, 4.69) is 26.3 Å². The van der Waals surface area contributed by atoms with Gasteiger partial charge in [-0.25, -0.2) is 0 Å². The third-order valence-corrected chi connectivity index (χ3v) is 1.88. The maximum atomic E-state index is 10.2. The fourth-order valence-corrected chi connectivity index (χ4v) is 1.17. The molecule has 0 aromatic carbocycles. The van der Waals surface area contributed by atoms with E-state index >= 15 is 0 Å². The molecule has 0 aromatic rings. The predicted octanol–water partition coefficient (Wildman–Crippen LogP) is 3.19. The first-order chi connectivity index (χ1) is 6.20. The first-order valence-electron chi connectivity index (χ1n) is 4.94. The van der Waals surface area contributed by atoms with Crippen molar-refractivity contribution >= 4 is 5.97 Å². The number of allylic oxidation sites excluding steroid dienone is 2. The van der Waals surface area contributed by atoms with Crippen LogP contribution in [0.25, 0.3) is 0 Å². The number of carboxylic acid groups (broad SMARTS) is 1. The second-order valence-corrected chi connectivity index (χ2v) is 3.03. The van der Waals surface area contributed by atoms with Gasteiger partial charge in [-0.05, 0) is 32.1 Å². The highest BCUT2D eigenvalue weighted by Crippen LogP contribution is 2.10. The monoisotopic (exact) mass is 183 g/mol. The van der Waals surface area contributed by atoms with Gasteiger partial charge in [-0.2, -0.15) is 0 Å². The van der Waals surface area contributed by atoms with Gasteiger partial charge in [-0.1, -0.05) is 25.5 Å². The highest BCUT2D eigenvalue weighted by molar-refractivity contribution is 5.66. The maximum absolute atomic E-state index is 10.2. The standard InChI is InChI=1S/C11H19O2/c1-3-7-10(4-2)8-5-6-9-11(12)13/h7-8H,3-6,9H2,1-2H3,(H,12,13). The van der Waals surface area contributed by atoms with Crippen LogP contribution < -0.4 is 0 Å². The molecule has 0 amide bonds. The van der Waals surface area contributed by atoms with Gasteiger partial charge in [0.15, 0.2) is 0 Å². The van der Waals surface area contributed by atoms with Gasteiger partial charge in [-0.3, -0.25) is 4.79 Å². The molecule has 0 spiro atoms. The number of rotatable bonds is 7. The summed E-state index contributed by atoms with van der Waals surface area (Å²) in [5.41, 5.74) is 1.34. The Morgan fingerprint density at radius 2 is 2.08 bits per heavy atom. The van der Waals surface area contributed by atoms with Gasteiger partial charge in [0, 0.05) is 6.42 Å². The van der Waals surface area contributed by atoms with Crippen LogP contribution in [0.15, 0.2) is 11.6 Å². The molecule has 0 aromatic heterocycles. The van der Waals surface area contributed by atoms with Gasteiger partial charge in [0.05, 0.1) is 0 Å². The number of aliphatic carboxylic acids is 1. The molecular weight excluding hydrogens is 164 g/mol. The Morgan fingerprint density at radius 3 is 2.54 bits per heavy atom. The lowest BCUT2D eigenvalue weighted by molar-refractivity contribution is -0.137. The molecule has 0 heterocycles. The van der Waals surface area contributed by atoms with Crippen LogP contribution in [0.2, 0.25) is 0 Å². The number of unbranched alkanes of at least 4 members (excludes halogenated alkanes) is 1. The Labute approximate surface area is 80.7 Å². The summed E-state index contributed by atoms with van der Waals surface area (Å²) in [6.45, 7) is 4.23. The van der Waals surface area contributed by atoms with E-state index < -0.39 is 5.97 Å². The van der Waals surface area contributed by atoms with E-state index in [4.69, 9.17) is 5.11 Å². The minimum absolute atomic E-state index is 0.277. The van der Waals surface area contributed by atoms with Crippen LogP contribution in [0.1, 0.15) is 46.0 Å². The van der Waals surface area contributed by atoms with E-state index in [9.17, 15) is 4.79 Å². The van der Waals surface area contributed by atoms with E-state index in [0.29, 0.717) is 0 Å². The molecule has 0 atom stereocenters. The summed E-state index contributed by atoms with van der Waals surface area (Å²) in [6.07, 6.45) is 8.34. The quantitative estimate of drug-likeness (QED) is 0.615. The molecule has 1 N–H and O–H groups in total. The summed E-state index contributed by atoms with van der Waals surface area (Å²) in [6, 6.07) is 0. The van der Waals surface area contributed by atoms with Gasteiger partial charge in [0.2, 0.25) is 0 Å². The average Bonchev–Trinajstić information content (AvgIpc) is 2.10. The van der Waals surface area contributed by atoms with Crippen molar-refractivity contribution in [3.8, 4) is 0 Å². The van der Waals surface area contributed by atoms with Crippen LogP contribution in [0, 0.1) is 6.42 Å². The Balaban J connectivity index is 3.60. The molecule has 0 aliphatic heterocycles. The molecule has 1 radical (unpaired) electrons. The van der Waals surface area contributed by atoms with Gasteiger partial charge in [-0.15, -0.1) is 0 Å². The third-order valence-electron chi connectivity index (χ3n) is 1.88. The van der Waals surface area contributed by atoms with Crippen molar-refractivity contribution in [1.29, 1.82) is 0 Å². The average molecular weight is 183 g/mol. The van der Waals surface area contributed by atoms with E-state index in [0.717, 1.165) is 25.7 Å². The molecule has 75 valence electrons. The fourth-order valence-electron chi connectivity index (χ4n) is 1.17. The SMILES string of the molecule is CC[CH]C(=CCCCC(=O)O)CC. The third kappa shape index (κ3) is 7.57. The zero-order valence-electron chi connectivity index (χ0n) is 8.55. The van der Waals surface area contributed by atoms with Crippen LogP contribution in [0.5, 0.6) is 0 Å². The van der Waals surface area contributed by atoms with E-state index in [1.807, 2.05) is 0 Å². The van der Waals surface area contributed by atoms with Gasteiger partial charge in [0.1, 0.15) is 0 Å². The number of carboxylic acids is 1. The van der Waals surface area contributed by atoms with Crippen LogP contribution in [0.3, 0.4) is 0 Å². The molecule has 0 aliphatic carbocycles. The lowest BCUT2D eigenvalue weighted by Gasteiger charge is -2.00. The Hall–Kier alpha value is -0.790. The molecule has 0 aliphatic rings. The second kappa shape index (κ2) is 7.84. The first-order valence-corrected chi connectivity index (χ1v) is 4.94. The van der Waals surface area contributed by atoms with Crippen molar-refractivity contribution in [2.24, 2.45) is 0 Å². The summed E-state index contributed by atoms with van der Waals surface area (Å²) in [5, 5.41) is 8.41. The minimum Gasteiger partial charge on any atom is -0.481 e. The lowest BCUT2D eigenvalue weighted by Crippen LogP contribution is -1.93. The molecule has 13 heavy (non-hydrogen) atoms. The minimum atomic E-state index is -0.703. The number of hydrogen-bond donors (Lipinski definition) is 1. The highest BCUT2D eigenvalue weighted by atomic mass is 16.4. The topological polar surface area (TPSA) is 37.3 Å². The van der Waals surface area contributed by atoms with Crippen molar-refractivity contribution in [2.45, 2.75) is 46.0 Å². The summed E-state index contributed by atoms with van der Waals surface area (Å²) in [5.74, 6) is -0.703. The molecule has 0 saturated heterocycles. The van der Waals surface area contributed by atoms with E-state index in [-0.39, 0.29) is 6.42 Å². The van der Waals surface area contributed by atoms with Crippen molar-refractivity contribution in [2.75, 3.05) is 0 Å². The molecule has 2 nitrogen and oxygen atoms in total. The Kier molecular flexibility index (Phi) is 7.36. The number of hydrogen-bond acceptors (Lipinski definition) is 1. The maximum Gasteiger partial charge on any atom is 0.303 e.